The minimum atomic E-state index is 0.727. The van der Waals surface area contributed by atoms with Gasteiger partial charge in [-0.15, -0.1) is 0 Å². The number of rotatable bonds is 6. The van der Waals surface area contributed by atoms with Gasteiger partial charge >= 0.3 is 0 Å². The highest BCUT2D eigenvalue weighted by atomic mass is 16.5. The van der Waals surface area contributed by atoms with E-state index < -0.39 is 0 Å². The molecule has 2 aliphatic carbocycles. The lowest BCUT2D eigenvalue weighted by molar-refractivity contribution is 0.105. The van der Waals surface area contributed by atoms with Crippen molar-refractivity contribution in [1.29, 1.82) is 0 Å². The van der Waals surface area contributed by atoms with E-state index in [0.717, 1.165) is 37.5 Å². The van der Waals surface area contributed by atoms with Gasteiger partial charge in [0.05, 0.1) is 13.2 Å². The summed E-state index contributed by atoms with van der Waals surface area (Å²) in [5.74, 6) is 2.40. The number of hydrogen-bond donors (Lipinski definition) is 0. The van der Waals surface area contributed by atoms with Gasteiger partial charge in [-0.3, -0.25) is 0 Å². The Hall–Kier alpha value is -1.12. The van der Waals surface area contributed by atoms with Crippen LogP contribution in [0.2, 0.25) is 0 Å². The molecule has 0 N–H and O–H groups in total. The van der Waals surface area contributed by atoms with Crippen LogP contribution in [0.25, 0.3) is 0 Å². The molecule has 20 heavy (non-hydrogen) atoms. The van der Waals surface area contributed by atoms with Gasteiger partial charge in [-0.05, 0) is 55.8 Å². The predicted octanol–water partition coefficient (Wildman–Crippen LogP) is 3.44. The van der Waals surface area contributed by atoms with Crippen molar-refractivity contribution < 1.29 is 4.74 Å². The molecule has 3 unspecified atom stereocenters. The molecule has 2 aliphatic rings. The Labute approximate surface area is 122 Å². The molecule has 0 saturated heterocycles. The minimum absolute atomic E-state index is 0.727. The third-order valence-corrected chi connectivity index (χ3v) is 4.64. The monoisotopic (exact) mass is 271 g/mol. The van der Waals surface area contributed by atoms with Crippen LogP contribution in [0.15, 0.2) is 36.4 Å². The van der Waals surface area contributed by atoms with Crippen molar-refractivity contribution in [3.05, 3.63) is 47.5 Å². The van der Waals surface area contributed by atoms with Crippen molar-refractivity contribution >= 4 is 0 Å². The summed E-state index contributed by atoms with van der Waals surface area (Å²) in [6, 6.07) is 9.09. The van der Waals surface area contributed by atoms with Crippen molar-refractivity contribution in [2.45, 2.75) is 25.4 Å². The summed E-state index contributed by atoms with van der Waals surface area (Å²) in [7, 11) is 4.14. The molecule has 0 spiro atoms. The number of hydrogen-bond acceptors (Lipinski definition) is 2. The molecule has 1 saturated carbocycles. The number of likely N-dealkylation sites (N-methyl/N-ethyl adjacent to an activating group) is 1. The van der Waals surface area contributed by atoms with Crippen LogP contribution >= 0.6 is 0 Å². The minimum Gasteiger partial charge on any atom is -0.375 e. The molecular weight excluding hydrogens is 246 g/mol. The van der Waals surface area contributed by atoms with E-state index in [1.54, 1.807) is 0 Å². The van der Waals surface area contributed by atoms with Gasteiger partial charge in [0.25, 0.3) is 0 Å². The summed E-state index contributed by atoms with van der Waals surface area (Å²) < 4.78 is 5.69. The van der Waals surface area contributed by atoms with Crippen LogP contribution in [0.4, 0.5) is 0 Å². The van der Waals surface area contributed by atoms with Gasteiger partial charge in [0.15, 0.2) is 0 Å². The van der Waals surface area contributed by atoms with Crippen molar-refractivity contribution in [2.24, 2.45) is 11.8 Å². The molecule has 1 aromatic carbocycles. The first-order valence-corrected chi connectivity index (χ1v) is 7.72. The van der Waals surface area contributed by atoms with Gasteiger partial charge in [-0.25, -0.2) is 0 Å². The van der Waals surface area contributed by atoms with E-state index in [9.17, 15) is 0 Å². The van der Waals surface area contributed by atoms with Crippen LogP contribution in [0.3, 0.4) is 0 Å². The van der Waals surface area contributed by atoms with Crippen LogP contribution in [0.1, 0.15) is 29.9 Å². The molecule has 1 fully saturated rings. The third-order valence-electron chi connectivity index (χ3n) is 4.64. The van der Waals surface area contributed by atoms with E-state index in [4.69, 9.17) is 4.74 Å². The zero-order valence-electron chi connectivity index (χ0n) is 12.6. The van der Waals surface area contributed by atoms with E-state index >= 15 is 0 Å². The first-order chi connectivity index (χ1) is 9.72. The molecule has 0 aromatic heterocycles. The summed E-state index contributed by atoms with van der Waals surface area (Å²) in [6.07, 6.45) is 7.56. The Balaban J connectivity index is 1.51. The van der Waals surface area contributed by atoms with Gasteiger partial charge in [-0.1, -0.05) is 36.4 Å². The van der Waals surface area contributed by atoms with Crippen molar-refractivity contribution in [1.82, 2.24) is 4.90 Å². The normalized spacial score (nSPS) is 27.6. The van der Waals surface area contributed by atoms with Crippen LogP contribution in [-0.2, 0) is 11.3 Å². The molecule has 3 rings (SSSR count). The highest BCUT2D eigenvalue weighted by Crippen LogP contribution is 2.48. The fourth-order valence-corrected chi connectivity index (χ4v) is 3.46. The van der Waals surface area contributed by atoms with Gasteiger partial charge in [-0.2, -0.15) is 0 Å². The Kier molecular flexibility index (Phi) is 4.23. The first-order valence-electron chi connectivity index (χ1n) is 7.72. The molecule has 108 valence electrons. The molecule has 2 nitrogen and oxygen atoms in total. The van der Waals surface area contributed by atoms with Gasteiger partial charge in [0.1, 0.15) is 0 Å². The molecular formula is C18H25NO. The first kappa shape index (κ1) is 13.8. The summed E-state index contributed by atoms with van der Waals surface area (Å²) >= 11 is 0. The number of nitrogens with zero attached hydrogens (tertiary/aromatic N) is 1. The quantitative estimate of drug-likeness (QED) is 0.580. The van der Waals surface area contributed by atoms with Gasteiger partial charge < -0.3 is 9.64 Å². The van der Waals surface area contributed by atoms with E-state index in [0.29, 0.717) is 0 Å². The van der Waals surface area contributed by atoms with Crippen molar-refractivity contribution in [2.75, 3.05) is 27.2 Å². The highest BCUT2D eigenvalue weighted by Gasteiger charge is 2.36. The zero-order valence-corrected chi connectivity index (χ0v) is 12.6. The second kappa shape index (κ2) is 6.11. The SMILES string of the molecule is CN(C)CCOCc1ccc(C2CC3C=CC2C3)cc1. The molecule has 2 bridgehead atoms. The maximum Gasteiger partial charge on any atom is 0.0717 e. The number of ether oxygens (including phenoxy) is 1. The molecule has 1 aromatic rings. The fraction of sp³-hybridized carbons (Fsp3) is 0.556. The van der Waals surface area contributed by atoms with Crippen molar-refractivity contribution in [3.63, 3.8) is 0 Å². The summed E-state index contributed by atoms with van der Waals surface area (Å²) in [6.45, 7) is 2.51. The molecule has 0 radical (unpaired) electrons. The molecule has 2 heteroatoms. The Morgan fingerprint density at radius 2 is 1.90 bits per heavy atom. The number of allylic oxidation sites excluding steroid dienone is 2. The zero-order chi connectivity index (χ0) is 13.9. The summed E-state index contributed by atoms with van der Waals surface area (Å²) in [4.78, 5) is 2.14. The second-order valence-electron chi connectivity index (χ2n) is 6.48. The molecule has 3 atom stereocenters. The Morgan fingerprint density at radius 1 is 1.10 bits per heavy atom. The Bertz CT molecular complexity index is 463. The third kappa shape index (κ3) is 3.13. The van der Waals surface area contributed by atoms with Crippen LogP contribution in [-0.4, -0.2) is 32.1 Å². The van der Waals surface area contributed by atoms with E-state index in [1.165, 1.54) is 24.0 Å². The van der Waals surface area contributed by atoms with E-state index in [-0.39, 0.29) is 0 Å². The molecule has 0 heterocycles. The van der Waals surface area contributed by atoms with E-state index in [1.807, 2.05) is 0 Å². The lowest BCUT2D eigenvalue weighted by atomic mass is 9.86. The standard InChI is InChI=1S/C18H25NO/c1-19(2)9-10-20-13-14-3-6-16(7-4-14)18-12-15-5-8-17(18)11-15/h3-8,15,17-18H,9-13H2,1-2H3. The smallest absolute Gasteiger partial charge is 0.0717 e. The largest absolute Gasteiger partial charge is 0.375 e. The average Bonchev–Trinajstić information content (AvgIpc) is 3.07. The lowest BCUT2D eigenvalue weighted by Crippen LogP contribution is -2.17. The fourth-order valence-electron chi connectivity index (χ4n) is 3.46. The van der Waals surface area contributed by atoms with Gasteiger partial charge in [0.2, 0.25) is 0 Å². The molecule has 0 amide bonds. The Morgan fingerprint density at radius 3 is 2.50 bits per heavy atom. The lowest BCUT2D eigenvalue weighted by Gasteiger charge is -2.18. The highest BCUT2D eigenvalue weighted by molar-refractivity contribution is 5.30. The van der Waals surface area contributed by atoms with E-state index in [2.05, 4.69) is 55.4 Å². The summed E-state index contributed by atoms with van der Waals surface area (Å²) in [5.41, 5.74) is 2.80. The maximum absolute atomic E-state index is 5.69. The van der Waals surface area contributed by atoms with Gasteiger partial charge in [0, 0.05) is 6.54 Å². The predicted molar refractivity (Wildman–Crippen MR) is 82.7 cm³/mol. The second-order valence-corrected chi connectivity index (χ2v) is 6.48. The topological polar surface area (TPSA) is 12.5 Å². The van der Waals surface area contributed by atoms with Crippen LogP contribution in [0, 0.1) is 11.8 Å². The van der Waals surface area contributed by atoms with Crippen LogP contribution < -0.4 is 0 Å². The average molecular weight is 271 g/mol. The summed E-state index contributed by atoms with van der Waals surface area (Å²) in [5, 5.41) is 0. The maximum atomic E-state index is 5.69. The number of fused-ring (bicyclic) bond motifs is 2. The molecule has 0 aliphatic heterocycles. The van der Waals surface area contributed by atoms with Crippen molar-refractivity contribution in [3.8, 4) is 0 Å². The van der Waals surface area contributed by atoms with Crippen LogP contribution in [0.5, 0.6) is 0 Å². The number of benzene rings is 1.